The Morgan fingerprint density at radius 1 is 1.38 bits per heavy atom. The molecule has 0 spiro atoms. The zero-order valence-corrected chi connectivity index (χ0v) is 12.8. The average molecular weight is 334 g/mol. The van der Waals surface area contributed by atoms with Gasteiger partial charge in [-0.3, -0.25) is 19.7 Å². The molecule has 0 radical (unpaired) electrons. The Morgan fingerprint density at radius 2 is 2.04 bits per heavy atom. The van der Waals surface area contributed by atoms with E-state index in [1.165, 1.54) is 0 Å². The summed E-state index contributed by atoms with van der Waals surface area (Å²) in [5, 5.41) is 11.0. The van der Waals surface area contributed by atoms with Crippen molar-refractivity contribution in [3.63, 3.8) is 0 Å². The molecule has 0 atom stereocenters. The Morgan fingerprint density at radius 3 is 2.58 bits per heavy atom. The van der Waals surface area contributed by atoms with Crippen LogP contribution in [-0.4, -0.2) is 44.4 Å². The highest BCUT2D eigenvalue weighted by molar-refractivity contribution is 5.92. The number of hydrogen-bond acceptors (Lipinski definition) is 9. The van der Waals surface area contributed by atoms with E-state index in [0.29, 0.717) is 0 Å². The minimum Gasteiger partial charge on any atom is -0.368 e. The van der Waals surface area contributed by atoms with Gasteiger partial charge in [-0.15, -0.1) is 0 Å². The van der Waals surface area contributed by atoms with Crippen molar-refractivity contribution in [2.75, 3.05) is 24.7 Å². The molecule has 0 saturated carbocycles. The van der Waals surface area contributed by atoms with Crippen molar-refractivity contribution >= 4 is 23.5 Å². The summed E-state index contributed by atoms with van der Waals surface area (Å²) in [6.45, 7) is -0.242. The topological polar surface area (TPSA) is 176 Å². The zero-order chi connectivity index (χ0) is 18.0. The second kappa shape index (κ2) is 6.28. The molecule has 0 aliphatic rings. The van der Waals surface area contributed by atoms with Crippen LogP contribution in [0.2, 0.25) is 0 Å². The van der Waals surface area contributed by atoms with Gasteiger partial charge >= 0.3 is 0 Å². The van der Waals surface area contributed by atoms with Gasteiger partial charge in [0, 0.05) is 20.2 Å². The predicted molar refractivity (Wildman–Crippen MR) is 83.5 cm³/mol. The van der Waals surface area contributed by atoms with Crippen LogP contribution in [0.3, 0.4) is 0 Å². The summed E-state index contributed by atoms with van der Waals surface area (Å²) < 4.78 is 0.923. The molecule has 12 nitrogen and oxygen atoms in total. The maximum Gasteiger partial charge on any atom is 0.286 e. The number of aromatic nitrogens is 4. The molecule has 2 aromatic heterocycles. The van der Waals surface area contributed by atoms with Crippen molar-refractivity contribution in [3.8, 4) is 0 Å². The number of amides is 1. The van der Waals surface area contributed by atoms with Gasteiger partial charge in [0.2, 0.25) is 11.9 Å². The first kappa shape index (κ1) is 16.8. The number of nitrogens with two attached hydrogens (primary N) is 2. The number of nitrogens with zero attached hydrogens (tertiary/aromatic N) is 6. The summed E-state index contributed by atoms with van der Waals surface area (Å²) in [4.78, 5) is 47.2. The monoisotopic (exact) mass is 334 g/mol. The quantitative estimate of drug-likeness (QED) is 0.498. The smallest absolute Gasteiger partial charge is 0.286 e. The third kappa shape index (κ3) is 3.43. The van der Waals surface area contributed by atoms with Crippen molar-refractivity contribution in [2.45, 2.75) is 6.54 Å². The van der Waals surface area contributed by atoms with Crippen molar-refractivity contribution in [1.82, 2.24) is 19.5 Å². The van der Waals surface area contributed by atoms with E-state index in [1.54, 1.807) is 19.0 Å². The Bertz CT molecular complexity index is 876. The summed E-state index contributed by atoms with van der Waals surface area (Å²) >= 11 is 0. The molecule has 126 valence electrons. The number of nitrogen functional groups attached to an aromatic ring is 1. The molecular formula is C12H14N8O4. The molecule has 2 heterocycles. The van der Waals surface area contributed by atoms with Crippen molar-refractivity contribution in [2.24, 2.45) is 5.73 Å². The number of carbonyl (C=O) groups is 1. The highest BCUT2D eigenvalue weighted by Gasteiger charge is 2.18. The molecule has 0 fully saturated rings. The van der Waals surface area contributed by atoms with Crippen LogP contribution in [0.4, 0.5) is 17.6 Å². The maximum atomic E-state index is 12.2. The fraction of sp³-hybridized carbons (Fsp3) is 0.250. The lowest BCUT2D eigenvalue weighted by Crippen LogP contribution is -2.30. The highest BCUT2D eigenvalue weighted by atomic mass is 16.6. The van der Waals surface area contributed by atoms with Crippen LogP contribution in [0, 0.1) is 10.1 Å². The van der Waals surface area contributed by atoms with Crippen LogP contribution in [-0.2, 0) is 6.54 Å². The van der Waals surface area contributed by atoms with Gasteiger partial charge < -0.3 is 20.9 Å². The summed E-state index contributed by atoms with van der Waals surface area (Å²) in [7, 11) is 3.37. The van der Waals surface area contributed by atoms with E-state index in [9.17, 15) is 19.7 Å². The zero-order valence-electron chi connectivity index (χ0n) is 12.8. The van der Waals surface area contributed by atoms with E-state index >= 15 is 0 Å². The van der Waals surface area contributed by atoms with E-state index in [-0.39, 0.29) is 24.3 Å². The normalized spacial score (nSPS) is 10.4. The van der Waals surface area contributed by atoms with Gasteiger partial charge in [0.15, 0.2) is 5.82 Å². The molecule has 0 unspecified atom stereocenters. The first-order chi connectivity index (χ1) is 11.2. The number of pyridine rings is 1. The first-order valence-electron chi connectivity index (χ1n) is 6.55. The minimum atomic E-state index is -1.07. The fourth-order valence-corrected chi connectivity index (χ4v) is 1.86. The van der Waals surface area contributed by atoms with E-state index in [1.807, 2.05) is 0 Å². The number of anilines is 2. The van der Waals surface area contributed by atoms with E-state index in [2.05, 4.69) is 15.0 Å². The molecule has 2 rings (SSSR count). The lowest BCUT2D eigenvalue weighted by molar-refractivity contribution is -0.385. The third-order valence-corrected chi connectivity index (χ3v) is 2.95. The van der Waals surface area contributed by atoms with Gasteiger partial charge in [-0.2, -0.15) is 15.0 Å². The molecule has 0 bridgehead atoms. The number of primary amides is 1. The van der Waals surface area contributed by atoms with Gasteiger partial charge in [0.05, 0.1) is 17.7 Å². The van der Waals surface area contributed by atoms with Crippen LogP contribution in [0.5, 0.6) is 0 Å². The largest absolute Gasteiger partial charge is 0.368 e. The predicted octanol–water partition coefficient (Wildman–Crippen LogP) is -1.26. The molecule has 4 N–H and O–H groups in total. The summed E-state index contributed by atoms with van der Waals surface area (Å²) in [6, 6.07) is 0.828. The van der Waals surface area contributed by atoms with Crippen LogP contribution >= 0.6 is 0 Å². The lowest BCUT2D eigenvalue weighted by atomic mass is 10.2. The maximum absolute atomic E-state index is 12.2. The average Bonchev–Trinajstić information content (AvgIpc) is 2.48. The Kier molecular flexibility index (Phi) is 4.39. The number of rotatable bonds is 5. The van der Waals surface area contributed by atoms with Crippen LogP contribution in [0.15, 0.2) is 17.1 Å². The molecule has 0 aromatic carbocycles. The van der Waals surface area contributed by atoms with Crippen molar-refractivity contribution in [1.29, 1.82) is 0 Å². The Labute approximate surface area is 134 Å². The third-order valence-electron chi connectivity index (χ3n) is 2.95. The van der Waals surface area contributed by atoms with E-state index < -0.39 is 27.6 Å². The summed E-state index contributed by atoms with van der Waals surface area (Å²) in [5.41, 5.74) is 8.92. The Balaban J connectivity index is 2.55. The molecule has 1 amide bonds. The number of carbonyl (C=O) groups excluding carboxylic acids is 1. The van der Waals surface area contributed by atoms with Gasteiger partial charge in [-0.05, 0) is 0 Å². The summed E-state index contributed by atoms with van der Waals surface area (Å²) in [5.74, 6) is -0.783. The van der Waals surface area contributed by atoms with Crippen molar-refractivity contribution in [3.05, 3.63) is 44.1 Å². The number of hydrogen-bond donors (Lipinski definition) is 2. The second-order valence-electron chi connectivity index (χ2n) is 4.97. The van der Waals surface area contributed by atoms with Crippen LogP contribution < -0.4 is 21.9 Å². The van der Waals surface area contributed by atoms with E-state index in [0.717, 1.165) is 16.8 Å². The van der Waals surface area contributed by atoms with Gasteiger partial charge in [-0.25, -0.2) is 0 Å². The Hall–Kier alpha value is -3.57. The SMILES string of the molecule is CN(C)c1nc(N)nc(Cn2cc([N+](=O)[O-])cc(C(N)=O)c2=O)n1. The van der Waals surface area contributed by atoms with Gasteiger partial charge in [0.25, 0.3) is 17.2 Å². The highest BCUT2D eigenvalue weighted by Crippen LogP contribution is 2.12. The molecule has 12 heteroatoms. The molecule has 0 saturated heterocycles. The first-order valence-corrected chi connectivity index (χ1v) is 6.55. The van der Waals surface area contributed by atoms with Gasteiger partial charge in [0.1, 0.15) is 5.56 Å². The molecule has 2 aromatic rings. The summed E-state index contributed by atoms with van der Waals surface area (Å²) in [6.07, 6.45) is 0.976. The van der Waals surface area contributed by atoms with Crippen molar-refractivity contribution < 1.29 is 9.72 Å². The standard InChI is InChI=1S/C12H14N8O4/c1-18(2)12-16-8(15-11(14)17-12)5-19-4-6(20(23)24)3-7(9(13)21)10(19)22/h3-4H,5H2,1-2H3,(H2,13,21)(H2,14,15,16,17). The molecule has 0 aliphatic carbocycles. The fourth-order valence-electron chi connectivity index (χ4n) is 1.86. The van der Waals surface area contributed by atoms with Crippen LogP contribution in [0.25, 0.3) is 0 Å². The molecule has 0 aliphatic heterocycles. The molecular weight excluding hydrogens is 320 g/mol. The van der Waals surface area contributed by atoms with Gasteiger partial charge in [-0.1, -0.05) is 0 Å². The lowest BCUT2D eigenvalue weighted by Gasteiger charge is -2.12. The van der Waals surface area contributed by atoms with Crippen LogP contribution in [0.1, 0.15) is 16.2 Å². The minimum absolute atomic E-state index is 0.0719. The second-order valence-corrected chi connectivity index (χ2v) is 4.97. The molecule has 24 heavy (non-hydrogen) atoms. The van der Waals surface area contributed by atoms with E-state index in [4.69, 9.17) is 11.5 Å². The number of nitro groups is 1.